The highest BCUT2D eigenvalue weighted by molar-refractivity contribution is 6.00. The maximum Gasteiger partial charge on any atom is 0.229 e. The molecule has 4 heteroatoms. The smallest absolute Gasteiger partial charge is 0.229 e. The summed E-state index contributed by atoms with van der Waals surface area (Å²) in [6, 6.07) is 7.37. The molecule has 0 fully saturated rings. The molecule has 2 N–H and O–H groups in total. The number of para-hydroxylation sites is 1. The van der Waals surface area contributed by atoms with E-state index in [9.17, 15) is 10.2 Å². The van der Waals surface area contributed by atoms with Gasteiger partial charge in [-0.05, 0) is 32.9 Å². The van der Waals surface area contributed by atoms with Crippen molar-refractivity contribution in [2.75, 3.05) is 4.90 Å². The summed E-state index contributed by atoms with van der Waals surface area (Å²) in [4.78, 5) is 5.61. The van der Waals surface area contributed by atoms with E-state index >= 15 is 0 Å². The monoisotopic (exact) mass is 220 g/mol. The van der Waals surface area contributed by atoms with Crippen molar-refractivity contribution in [3.8, 4) is 0 Å². The maximum absolute atomic E-state index is 9.90. The number of anilines is 1. The highest BCUT2D eigenvalue weighted by atomic mass is 16.3. The van der Waals surface area contributed by atoms with Crippen molar-refractivity contribution in [2.24, 2.45) is 4.99 Å². The number of fused-ring (bicyclic) bond motifs is 1. The van der Waals surface area contributed by atoms with Gasteiger partial charge in [0, 0.05) is 5.54 Å². The number of hydrogen-bond donors (Lipinski definition) is 2. The Morgan fingerprint density at radius 1 is 1.25 bits per heavy atom. The number of benzene rings is 1. The van der Waals surface area contributed by atoms with Crippen LogP contribution in [0.25, 0.3) is 0 Å². The SMILES string of the molecule is CC(C)(C)N1c2ccccc2C(O)=NC1O. The third kappa shape index (κ3) is 1.65. The van der Waals surface area contributed by atoms with E-state index in [4.69, 9.17) is 0 Å². The maximum atomic E-state index is 9.90. The number of aliphatic imine (C=N–C) groups is 1. The second-order valence-electron chi connectivity index (χ2n) is 4.86. The lowest BCUT2D eigenvalue weighted by Crippen LogP contribution is -2.50. The molecule has 16 heavy (non-hydrogen) atoms. The summed E-state index contributed by atoms with van der Waals surface area (Å²) < 4.78 is 0. The van der Waals surface area contributed by atoms with Crippen LogP contribution in [-0.2, 0) is 0 Å². The molecule has 0 aliphatic carbocycles. The molecule has 1 unspecified atom stereocenters. The van der Waals surface area contributed by atoms with Crippen LogP contribution in [0, 0.1) is 0 Å². The Bertz CT molecular complexity index is 435. The minimum Gasteiger partial charge on any atom is -0.493 e. The topological polar surface area (TPSA) is 56.1 Å². The average Bonchev–Trinajstić information content (AvgIpc) is 2.15. The van der Waals surface area contributed by atoms with Crippen LogP contribution in [0.1, 0.15) is 26.3 Å². The van der Waals surface area contributed by atoms with Gasteiger partial charge in [0.15, 0.2) is 0 Å². The zero-order valence-corrected chi connectivity index (χ0v) is 9.68. The molecule has 4 nitrogen and oxygen atoms in total. The van der Waals surface area contributed by atoms with Crippen LogP contribution in [0.2, 0.25) is 0 Å². The number of rotatable bonds is 0. The fourth-order valence-electron chi connectivity index (χ4n) is 1.94. The molecule has 1 aliphatic rings. The largest absolute Gasteiger partial charge is 0.493 e. The molecule has 0 bridgehead atoms. The van der Waals surface area contributed by atoms with Crippen molar-refractivity contribution in [2.45, 2.75) is 32.7 Å². The molecule has 1 aliphatic heterocycles. The Kier molecular flexibility index (Phi) is 2.39. The van der Waals surface area contributed by atoms with Crippen LogP contribution in [0.15, 0.2) is 29.3 Å². The van der Waals surface area contributed by atoms with E-state index in [2.05, 4.69) is 4.99 Å². The van der Waals surface area contributed by atoms with Gasteiger partial charge in [0.25, 0.3) is 0 Å². The fraction of sp³-hybridized carbons (Fsp3) is 0.417. The van der Waals surface area contributed by atoms with E-state index in [1.165, 1.54) is 0 Å². The Morgan fingerprint density at radius 2 is 1.88 bits per heavy atom. The molecule has 0 radical (unpaired) electrons. The summed E-state index contributed by atoms with van der Waals surface area (Å²) in [5, 5.41) is 19.6. The normalized spacial score (nSPS) is 20.4. The molecule has 0 amide bonds. The van der Waals surface area contributed by atoms with Crippen LogP contribution in [0.5, 0.6) is 0 Å². The number of aliphatic hydroxyl groups excluding tert-OH is 2. The first kappa shape index (κ1) is 11.0. The highest BCUT2D eigenvalue weighted by Gasteiger charge is 2.33. The van der Waals surface area contributed by atoms with Crippen LogP contribution >= 0.6 is 0 Å². The summed E-state index contributed by atoms with van der Waals surface area (Å²) in [7, 11) is 0. The van der Waals surface area contributed by atoms with Gasteiger partial charge in [-0.25, -0.2) is 0 Å². The lowest BCUT2D eigenvalue weighted by Gasteiger charge is -2.42. The molecule has 86 valence electrons. The third-order valence-electron chi connectivity index (χ3n) is 2.60. The summed E-state index contributed by atoms with van der Waals surface area (Å²) >= 11 is 0. The van der Waals surface area contributed by atoms with E-state index in [1.807, 2.05) is 39.0 Å². The Balaban J connectivity index is 2.58. The average molecular weight is 220 g/mol. The lowest BCUT2D eigenvalue weighted by atomic mass is 10.0. The van der Waals surface area contributed by atoms with E-state index in [0.717, 1.165) is 5.69 Å². The summed E-state index contributed by atoms with van der Waals surface area (Å²) in [6.45, 7) is 5.97. The molecular weight excluding hydrogens is 204 g/mol. The van der Waals surface area contributed by atoms with Crippen molar-refractivity contribution >= 4 is 11.6 Å². The van der Waals surface area contributed by atoms with Crippen LogP contribution in [0.3, 0.4) is 0 Å². The van der Waals surface area contributed by atoms with Crippen LogP contribution in [0.4, 0.5) is 5.69 Å². The van der Waals surface area contributed by atoms with Gasteiger partial charge in [-0.3, -0.25) is 0 Å². The highest BCUT2D eigenvalue weighted by Crippen LogP contribution is 2.32. The Morgan fingerprint density at radius 3 is 2.50 bits per heavy atom. The van der Waals surface area contributed by atoms with Crippen molar-refractivity contribution in [1.29, 1.82) is 0 Å². The van der Waals surface area contributed by atoms with Crippen molar-refractivity contribution < 1.29 is 10.2 Å². The van der Waals surface area contributed by atoms with Crippen molar-refractivity contribution in [3.63, 3.8) is 0 Å². The van der Waals surface area contributed by atoms with Crippen molar-refractivity contribution in [1.82, 2.24) is 0 Å². The van der Waals surface area contributed by atoms with E-state index < -0.39 is 6.35 Å². The first-order chi connectivity index (χ1) is 7.41. The second kappa shape index (κ2) is 3.49. The summed E-state index contributed by atoms with van der Waals surface area (Å²) in [5.41, 5.74) is 1.19. The number of aliphatic hydroxyl groups is 2. The molecule has 1 heterocycles. The van der Waals surface area contributed by atoms with Gasteiger partial charge in [0.1, 0.15) is 0 Å². The fourth-order valence-corrected chi connectivity index (χ4v) is 1.94. The second-order valence-corrected chi connectivity index (χ2v) is 4.86. The molecule has 1 atom stereocenters. The Labute approximate surface area is 94.9 Å². The predicted molar refractivity (Wildman–Crippen MR) is 63.8 cm³/mol. The quantitative estimate of drug-likeness (QED) is 0.702. The predicted octanol–water partition coefficient (Wildman–Crippen LogP) is 1.89. The zero-order valence-electron chi connectivity index (χ0n) is 9.68. The minimum absolute atomic E-state index is 0.108. The van der Waals surface area contributed by atoms with Gasteiger partial charge < -0.3 is 15.1 Å². The molecule has 2 rings (SSSR count). The first-order valence-electron chi connectivity index (χ1n) is 5.25. The summed E-state index contributed by atoms with van der Waals surface area (Å²) in [6.07, 6.45) is -1.03. The molecule has 1 aromatic carbocycles. The summed E-state index contributed by atoms with van der Waals surface area (Å²) in [5.74, 6) is -0.108. The Hall–Kier alpha value is -1.55. The standard InChI is InChI=1S/C12H16N2O2/c1-12(2,3)14-9-7-5-4-6-8(9)10(15)13-11(14)16/h4-7,11,16H,1-3H3,(H,13,15). The van der Waals surface area contributed by atoms with Gasteiger partial charge in [-0.2, -0.15) is 4.99 Å². The van der Waals surface area contributed by atoms with Gasteiger partial charge >= 0.3 is 0 Å². The van der Waals surface area contributed by atoms with Gasteiger partial charge in [0.2, 0.25) is 12.2 Å². The first-order valence-corrected chi connectivity index (χ1v) is 5.25. The zero-order chi connectivity index (χ0) is 11.9. The molecule has 0 saturated heterocycles. The van der Waals surface area contributed by atoms with Gasteiger partial charge in [0.05, 0.1) is 11.3 Å². The molecule has 0 saturated carbocycles. The van der Waals surface area contributed by atoms with E-state index in [1.54, 1.807) is 11.0 Å². The lowest BCUT2D eigenvalue weighted by molar-refractivity contribution is 0.150. The van der Waals surface area contributed by atoms with E-state index in [-0.39, 0.29) is 11.4 Å². The van der Waals surface area contributed by atoms with E-state index in [0.29, 0.717) is 5.56 Å². The molecule has 0 spiro atoms. The molecule has 0 aromatic heterocycles. The van der Waals surface area contributed by atoms with Crippen molar-refractivity contribution in [3.05, 3.63) is 29.8 Å². The molecular formula is C12H16N2O2. The van der Waals surface area contributed by atoms with Gasteiger partial charge in [-0.1, -0.05) is 12.1 Å². The van der Waals surface area contributed by atoms with Crippen LogP contribution < -0.4 is 4.90 Å². The number of nitrogens with zero attached hydrogens (tertiary/aromatic N) is 2. The molecule has 1 aromatic rings. The number of hydrogen-bond acceptors (Lipinski definition) is 3. The van der Waals surface area contributed by atoms with Gasteiger partial charge in [-0.15, -0.1) is 0 Å². The van der Waals surface area contributed by atoms with Crippen LogP contribution in [-0.4, -0.2) is 28.0 Å². The minimum atomic E-state index is -1.03. The third-order valence-corrected chi connectivity index (χ3v) is 2.60.